The molecule has 26 heavy (non-hydrogen) atoms. The smallest absolute Gasteiger partial charge is 0.323 e. The molecule has 0 aliphatic carbocycles. The lowest BCUT2D eigenvalue weighted by atomic mass is 10.0. The largest absolute Gasteiger partial charge is 0.480 e. The van der Waals surface area contributed by atoms with Gasteiger partial charge >= 0.3 is 5.97 Å². The van der Waals surface area contributed by atoms with Crippen LogP contribution in [0.4, 0.5) is 10.1 Å². The summed E-state index contributed by atoms with van der Waals surface area (Å²) >= 11 is 1.50. The quantitative estimate of drug-likeness (QED) is 0.682. The van der Waals surface area contributed by atoms with Crippen LogP contribution in [0.25, 0.3) is 10.9 Å². The summed E-state index contributed by atoms with van der Waals surface area (Å²) in [6.07, 6.45) is 2.23. The first-order valence-corrected chi connectivity index (χ1v) is 8.91. The van der Waals surface area contributed by atoms with Crippen molar-refractivity contribution >= 4 is 40.8 Å². The van der Waals surface area contributed by atoms with Gasteiger partial charge in [0.15, 0.2) is 0 Å². The topological polar surface area (TPSA) is 66.6 Å². The van der Waals surface area contributed by atoms with Gasteiger partial charge in [0.25, 0.3) is 0 Å². The Kier molecular flexibility index (Phi) is 4.16. The van der Waals surface area contributed by atoms with Gasteiger partial charge in [-0.3, -0.25) is 4.79 Å². The summed E-state index contributed by atoms with van der Waals surface area (Å²) in [5.41, 5.74) is 4.45. The number of aliphatic imine (C=N–C) groups is 1. The molecule has 0 unspecified atom stereocenters. The molecule has 0 bridgehead atoms. The fourth-order valence-corrected chi connectivity index (χ4v) is 3.92. The summed E-state index contributed by atoms with van der Waals surface area (Å²) in [4.78, 5) is 16.6. The van der Waals surface area contributed by atoms with E-state index in [1.165, 1.54) is 24.1 Å². The molecule has 1 aromatic heterocycles. The van der Waals surface area contributed by atoms with Crippen molar-refractivity contribution in [2.45, 2.75) is 24.8 Å². The molecule has 0 spiro atoms. The number of benzene rings is 2. The fraction of sp³-hybridized carbons (Fsp3) is 0.158. The zero-order chi connectivity index (χ0) is 18.3. The average Bonchev–Trinajstić information content (AvgIpc) is 2.86. The van der Waals surface area contributed by atoms with Crippen LogP contribution in [0, 0.1) is 12.7 Å². The number of carbonyl (C=O) groups is 1. The van der Waals surface area contributed by atoms with E-state index < -0.39 is 5.97 Å². The molecule has 0 fully saturated rings. The van der Waals surface area contributed by atoms with Gasteiger partial charge in [0.1, 0.15) is 12.4 Å². The van der Waals surface area contributed by atoms with Crippen molar-refractivity contribution in [1.29, 1.82) is 0 Å². The van der Waals surface area contributed by atoms with Crippen molar-refractivity contribution in [2.24, 2.45) is 4.99 Å². The normalized spacial score (nSPS) is 12.8. The van der Waals surface area contributed by atoms with E-state index in [-0.39, 0.29) is 12.4 Å². The van der Waals surface area contributed by atoms with Crippen LogP contribution >= 0.6 is 11.9 Å². The van der Waals surface area contributed by atoms with Crippen LogP contribution in [0.1, 0.15) is 16.8 Å². The molecule has 2 aromatic carbocycles. The molecule has 3 aromatic rings. The van der Waals surface area contributed by atoms with Crippen molar-refractivity contribution in [2.75, 3.05) is 0 Å². The maximum absolute atomic E-state index is 13.8. The average molecular weight is 369 g/mol. The van der Waals surface area contributed by atoms with Gasteiger partial charge in [-0.05, 0) is 66.8 Å². The molecule has 1 aliphatic rings. The summed E-state index contributed by atoms with van der Waals surface area (Å²) in [6, 6.07) is 10.5. The van der Waals surface area contributed by atoms with E-state index in [9.17, 15) is 14.3 Å². The zero-order valence-electron chi connectivity index (χ0n) is 14.0. The van der Waals surface area contributed by atoms with Crippen molar-refractivity contribution < 1.29 is 14.3 Å². The van der Waals surface area contributed by atoms with Crippen LogP contribution in [0.2, 0.25) is 0 Å². The van der Waals surface area contributed by atoms with E-state index in [0.29, 0.717) is 6.42 Å². The highest BCUT2D eigenvalue weighted by Crippen LogP contribution is 2.33. The molecule has 4 rings (SSSR count). The van der Waals surface area contributed by atoms with Gasteiger partial charge in [-0.25, -0.2) is 9.38 Å². The molecule has 0 atom stereocenters. The fourth-order valence-electron chi connectivity index (χ4n) is 3.34. The molecule has 5 nitrogen and oxygen atoms in total. The van der Waals surface area contributed by atoms with Gasteiger partial charge in [-0.1, -0.05) is 6.07 Å². The number of aliphatic carboxylic acids is 1. The van der Waals surface area contributed by atoms with Gasteiger partial charge in [0, 0.05) is 16.6 Å². The molecular formula is C19H16FN3O2S. The van der Waals surface area contributed by atoms with E-state index in [2.05, 4.69) is 9.71 Å². The first-order chi connectivity index (χ1) is 12.5. The first kappa shape index (κ1) is 16.7. The summed E-state index contributed by atoms with van der Waals surface area (Å²) < 4.78 is 18.6. The van der Waals surface area contributed by atoms with E-state index in [4.69, 9.17) is 0 Å². The second-order valence-electron chi connectivity index (χ2n) is 6.16. The Labute approximate surface area is 153 Å². The third-order valence-electron chi connectivity index (χ3n) is 4.54. The van der Waals surface area contributed by atoms with Gasteiger partial charge in [0.05, 0.1) is 16.9 Å². The Bertz CT molecular complexity index is 1060. The Hall–Kier alpha value is -2.80. The van der Waals surface area contributed by atoms with Gasteiger partial charge in [-0.2, -0.15) is 0 Å². The predicted octanol–water partition coefficient (Wildman–Crippen LogP) is 4.03. The molecule has 0 saturated carbocycles. The SMILES string of the molecule is Cc1c(Cc2ccc3c(c2)N=CNS3)c2cc(F)ccc2n1CC(=O)O. The number of hydrogen-bond acceptors (Lipinski definition) is 4. The number of hydrogen-bond donors (Lipinski definition) is 2. The number of fused-ring (bicyclic) bond motifs is 2. The molecule has 0 saturated heterocycles. The molecule has 7 heteroatoms. The van der Waals surface area contributed by atoms with E-state index in [0.717, 1.165) is 38.3 Å². The standard InChI is InChI=1S/C19H16FN3O2S/c1-11-14(6-12-2-5-18-16(7-12)21-10-22-26-18)15-8-13(20)3-4-17(15)23(11)9-19(24)25/h2-5,7-8,10H,6,9H2,1H3,(H,21,22)(H,24,25). The Morgan fingerprint density at radius 1 is 1.31 bits per heavy atom. The molecule has 0 radical (unpaired) electrons. The van der Waals surface area contributed by atoms with Crippen molar-refractivity contribution in [1.82, 2.24) is 9.29 Å². The molecule has 132 valence electrons. The lowest BCUT2D eigenvalue weighted by Crippen LogP contribution is -2.10. The zero-order valence-corrected chi connectivity index (χ0v) is 14.8. The summed E-state index contributed by atoms with van der Waals surface area (Å²) in [5.74, 6) is -1.25. The maximum atomic E-state index is 13.8. The number of rotatable bonds is 4. The highest BCUT2D eigenvalue weighted by Gasteiger charge is 2.17. The third kappa shape index (κ3) is 2.94. The Morgan fingerprint density at radius 2 is 2.15 bits per heavy atom. The Balaban J connectivity index is 1.81. The predicted molar refractivity (Wildman–Crippen MR) is 101 cm³/mol. The number of carboxylic acid groups (broad SMARTS) is 1. The maximum Gasteiger partial charge on any atom is 0.323 e. The van der Waals surface area contributed by atoms with Crippen molar-refractivity contribution in [3.8, 4) is 0 Å². The highest BCUT2D eigenvalue weighted by molar-refractivity contribution is 7.98. The minimum atomic E-state index is -0.923. The van der Waals surface area contributed by atoms with Crippen LogP contribution < -0.4 is 4.72 Å². The molecule has 1 aliphatic heterocycles. The number of halogens is 1. The summed E-state index contributed by atoms with van der Waals surface area (Å²) in [7, 11) is 0. The molecule has 2 N–H and O–H groups in total. The van der Waals surface area contributed by atoms with Crippen molar-refractivity contribution in [3.05, 3.63) is 59.0 Å². The van der Waals surface area contributed by atoms with Crippen LogP contribution in [0.3, 0.4) is 0 Å². The van der Waals surface area contributed by atoms with Crippen LogP contribution in [0.15, 0.2) is 46.3 Å². The molecule has 2 heterocycles. The lowest BCUT2D eigenvalue weighted by Gasteiger charge is -2.12. The number of aromatic nitrogens is 1. The van der Waals surface area contributed by atoms with Crippen LogP contribution in [-0.4, -0.2) is 22.0 Å². The second-order valence-corrected chi connectivity index (χ2v) is 7.04. The van der Waals surface area contributed by atoms with Gasteiger partial charge < -0.3 is 14.4 Å². The second kappa shape index (κ2) is 6.49. The third-order valence-corrected chi connectivity index (χ3v) is 5.33. The monoisotopic (exact) mass is 369 g/mol. The number of carboxylic acids is 1. The van der Waals surface area contributed by atoms with Crippen molar-refractivity contribution in [3.63, 3.8) is 0 Å². The Morgan fingerprint density at radius 3 is 2.96 bits per heavy atom. The minimum Gasteiger partial charge on any atom is -0.480 e. The lowest BCUT2D eigenvalue weighted by molar-refractivity contribution is -0.137. The minimum absolute atomic E-state index is 0.148. The van der Waals surface area contributed by atoms with Gasteiger partial charge in [0.2, 0.25) is 0 Å². The molecular weight excluding hydrogens is 353 g/mol. The summed E-state index contributed by atoms with van der Waals surface area (Å²) in [6.45, 7) is 1.73. The summed E-state index contributed by atoms with van der Waals surface area (Å²) in [5, 5.41) is 9.97. The molecule has 0 amide bonds. The first-order valence-electron chi connectivity index (χ1n) is 8.10. The van der Waals surface area contributed by atoms with Crippen LogP contribution in [-0.2, 0) is 17.8 Å². The number of nitrogens with zero attached hydrogens (tertiary/aromatic N) is 2. The van der Waals surface area contributed by atoms with Crippen LogP contribution in [0.5, 0.6) is 0 Å². The van der Waals surface area contributed by atoms with E-state index in [1.807, 2.05) is 25.1 Å². The number of nitrogens with one attached hydrogen (secondary N) is 1. The van der Waals surface area contributed by atoms with Gasteiger partial charge in [-0.15, -0.1) is 0 Å². The van der Waals surface area contributed by atoms with E-state index >= 15 is 0 Å². The van der Waals surface area contributed by atoms with E-state index in [1.54, 1.807) is 17.0 Å². The highest BCUT2D eigenvalue weighted by atomic mass is 32.2.